The van der Waals surface area contributed by atoms with Crippen LogP contribution in [0.5, 0.6) is 0 Å². The smallest absolute Gasteiger partial charge is 0.220 e. The Morgan fingerprint density at radius 1 is 1.33 bits per heavy atom. The lowest BCUT2D eigenvalue weighted by Gasteiger charge is -2.27. The predicted molar refractivity (Wildman–Crippen MR) is 64.3 cm³/mol. The number of hydrogen-bond donors (Lipinski definition) is 0. The molecule has 1 aliphatic rings. The second kappa shape index (κ2) is 3.65. The standard InChI is InChI=1S/C12H15NOS/c1-12(8-13(2)3)10-7-5-4-6-9(10)11(14)15-12/h4-7H,8H2,1-3H3. The summed E-state index contributed by atoms with van der Waals surface area (Å²) in [4.78, 5) is 13.9. The molecule has 1 aromatic rings. The molecule has 80 valence electrons. The number of rotatable bonds is 2. The summed E-state index contributed by atoms with van der Waals surface area (Å²) in [7, 11) is 4.08. The van der Waals surface area contributed by atoms with Gasteiger partial charge in [-0.25, -0.2) is 0 Å². The highest BCUT2D eigenvalue weighted by atomic mass is 32.2. The monoisotopic (exact) mass is 221 g/mol. The fraction of sp³-hybridized carbons (Fsp3) is 0.417. The number of likely N-dealkylation sites (N-methyl/N-ethyl adjacent to an activating group) is 1. The van der Waals surface area contributed by atoms with Crippen LogP contribution < -0.4 is 0 Å². The molecule has 1 atom stereocenters. The van der Waals surface area contributed by atoms with Crippen LogP contribution in [-0.2, 0) is 4.75 Å². The van der Waals surface area contributed by atoms with Crippen LogP contribution in [0.25, 0.3) is 0 Å². The Kier molecular flexibility index (Phi) is 2.61. The molecule has 1 aromatic carbocycles. The van der Waals surface area contributed by atoms with Crippen LogP contribution in [0.2, 0.25) is 0 Å². The van der Waals surface area contributed by atoms with Gasteiger partial charge in [-0.05, 0) is 26.6 Å². The Balaban J connectivity index is 2.43. The first kappa shape index (κ1) is 10.7. The quantitative estimate of drug-likeness (QED) is 0.764. The first-order valence-corrected chi connectivity index (χ1v) is 5.82. The molecule has 0 spiro atoms. The van der Waals surface area contributed by atoms with Crippen molar-refractivity contribution in [3.05, 3.63) is 35.4 Å². The van der Waals surface area contributed by atoms with E-state index in [9.17, 15) is 4.79 Å². The summed E-state index contributed by atoms with van der Waals surface area (Å²) in [6.07, 6.45) is 0. The normalized spacial score (nSPS) is 24.7. The SMILES string of the molecule is CN(C)CC1(C)SC(=O)c2ccccc21. The molecule has 0 N–H and O–H groups in total. The highest BCUT2D eigenvalue weighted by molar-refractivity contribution is 8.15. The lowest BCUT2D eigenvalue weighted by atomic mass is 9.95. The van der Waals surface area contributed by atoms with Gasteiger partial charge < -0.3 is 4.90 Å². The van der Waals surface area contributed by atoms with E-state index >= 15 is 0 Å². The third kappa shape index (κ3) is 1.82. The van der Waals surface area contributed by atoms with Gasteiger partial charge in [0.05, 0.1) is 4.75 Å². The van der Waals surface area contributed by atoms with Crippen LogP contribution in [-0.4, -0.2) is 30.7 Å². The second-order valence-corrected chi connectivity index (χ2v) is 5.88. The molecule has 0 aliphatic carbocycles. The van der Waals surface area contributed by atoms with E-state index in [1.807, 2.05) is 32.3 Å². The number of hydrogen-bond acceptors (Lipinski definition) is 3. The lowest BCUT2D eigenvalue weighted by Crippen LogP contribution is -2.30. The minimum Gasteiger partial charge on any atom is -0.308 e. The maximum atomic E-state index is 11.8. The predicted octanol–water partition coefficient (Wildman–Crippen LogP) is 2.35. The fourth-order valence-corrected chi connectivity index (χ4v) is 3.47. The van der Waals surface area contributed by atoms with Gasteiger partial charge >= 0.3 is 0 Å². The average molecular weight is 221 g/mol. The molecular weight excluding hydrogens is 206 g/mol. The number of carbonyl (C=O) groups excluding carboxylic acids is 1. The van der Waals surface area contributed by atoms with E-state index in [0.717, 1.165) is 12.1 Å². The summed E-state index contributed by atoms with van der Waals surface area (Å²) in [5.41, 5.74) is 2.06. The highest BCUT2D eigenvalue weighted by Gasteiger charge is 2.40. The molecule has 1 unspecified atom stereocenters. The van der Waals surface area contributed by atoms with Gasteiger partial charge in [0.15, 0.2) is 0 Å². The van der Waals surface area contributed by atoms with Gasteiger partial charge in [-0.15, -0.1) is 0 Å². The molecule has 0 bridgehead atoms. The van der Waals surface area contributed by atoms with E-state index in [0.29, 0.717) is 0 Å². The van der Waals surface area contributed by atoms with E-state index in [-0.39, 0.29) is 9.86 Å². The van der Waals surface area contributed by atoms with Crippen LogP contribution in [0.4, 0.5) is 0 Å². The van der Waals surface area contributed by atoms with Crippen molar-refractivity contribution >= 4 is 16.9 Å². The molecule has 1 aliphatic heterocycles. The van der Waals surface area contributed by atoms with Gasteiger partial charge in [-0.1, -0.05) is 36.0 Å². The van der Waals surface area contributed by atoms with Crippen molar-refractivity contribution in [3.8, 4) is 0 Å². The zero-order chi connectivity index (χ0) is 11.1. The van der Waals surface area contributed by atoms with Crippen molar-refractivity contribution in [2.75, 3.05) is 20.6 Å². The van der Waals surface area contributed by atoms with Gasteiger partial charge in [0.1, 0.15) is 0 Å². The average Bonchev–Trinajstić information content (AvgIpc) is 2.39. The zero-order valence-electron chi connectivity index (χ0n) is 9.28. The molecule has 2 nitrogen and oxygen atoms in total. The third-order valence-electron chi connectivity index (χ3n) is 2.65. The Morgan fingerprint density at radius 3 is 2.67 bits per heavy atom. The summed E-state index contributed by atoms with van der Waals surface area (Å²) in [6, 6.07) is 7.92. The first-order chi connectivity index (χ1) is 7.03. The first-order valence-electron chi connectivity index (χ1n) is 5.00. The van der Waals surface area contributed by atoms with Crippen LogP contribution in [0.15, 0.2) is 24.3 Å². The Labute approximate surface area is 94.7 Å². The maximum Gasteiger partial charge on any atom is 0.220 e. The molecule has 0 amide bonds. The largest absolute Gasteiger partial charge is 0.308 e. The summed E-state index contributed by atoms with van der Waals surface area (Å²) >= 11 is 1.44. The molecule has 15 heavy (non-hydrogen) atoms. The number of thioether (sulfide) groups is 1. The lowest BCUT2D eigenvalue weighted by molar-refractivity contribution is 0.109. The van der Waals surface area contributed by atoms with E-state index in [1.165, 1.54) is 17.3 Å². The van der Waals surface area contributed by atoms with E-state index < -0.39 is 0 Å². The highest BCUT2D eigenvalue weighted by Crippen LogP contribution is 2.46. The van der Waals surface area contributed by atoms with Gasteiger partial charge in [0.25, 0.3) is 0 Å². The van der Waals surface area contributed by atoms with Gasteiger partial charge in [0, 0.05) is 12.1 Å². The number of fused-ring (bicyclic) bond motifs is 1. The molecular formula is C12H15NOS. The second-order valence-electron chi connectivity index (χ2n) is 4.40. The van der Waals surface area contributed by atoms with Crippen LogP contribution in [0.1, 0.15) is 22.8 Å². The molecule has 0 saturated heterocycles. The van der Waals surface area contributed by atoms with Gasteiger partial charge in [-0.3, -0.25) is 4.79 Å². The van der Waals surface area contributed by atoms with Crippen LogP contribution in [0.3, 0.4) is 0 Å². The number of nitrogens with zero attached hydrogens (tertiary/aromatic N) is 1. The summed E-state index contributed by atoms with van der Waals surface area (Å²) < 4.78 is -0.0861. The van der Waals surface area contributed by atoms with Crippen LogP contribution >= 0.6 is 11.8 Å². The van der Waals surface area contributed by atoms with Crippen molar-refractivity contribution < 1.29 is 4.79 Å². The Hall–Kier alpha value is -0.800. The molecule has 0 fully saturated rings. The third-order valence-corrected chi connectivity index (χ3v) is 3.86. The Bertz CT molecular complexity index is 402. The molecule has 3 heteroatoms. The minimum atomic E-state index is -0.0861. The summed E-state index contributed by atoms with van der Waals surface area (Å²) in [5.74, 6) is 0. The van der Waals surface area contributed by atoms with Crippen molar-refractivity contribution in [2.24, 2.45) is 0 Å². The number of benzene rings is 1. The van der Waals surface area contributed by atoms with E-state index in [1.54, 1.807) is 0 Å². The molecule has 2 rings (SSSR count). The Morgan fingerprint density at radius 2 is 2.00 bits per heavy atom. The molecule has 1 heterocycles. The number of carbonyl (C=O) groups is 1. The fourth-order valence-electron chi connectivity index (χ4n) is 2.16. The van der Waals surface area contributed by atoms with Gasteiger partial charge in [0.2, 0.25) is 5.12 Å². The van der Waals surface area contributed by atoms with Crippen molar-refractivity contribution in [1.82, 2.24) is 4.90 Å². The zero-order valence-corrected chi connectivity index (χ0v) is 10.1. The van der Waals surface area contributed by atoms with E-state index in [2.05, 4.69) is 17.9 Å². The summed E-state index contributed by atoms with van der Waals surface area (Å²) in [5, 5.41) is 0.204. The molecule has 0 radical (unpaired) electrons. The van der Waals surface area contributed by atoms with Gasteiger partial charge in [-0.2, -0.15) is 0 Å². The molecule has 0 aromatic heterocycles. The van der Waals surface area contributed by atoms with Crippen LogP contribution in [0, 0.1) is 0 Å². The summed E-state index contributed by atoms with van der Waals surface area (Å²) in [6.45, 7) is 3.03. The topological polar surface area (TPSA) is 20.3 Å². The van der Waals surface area contributed by atoms with Crippen molar-refractivity contribution in [3.63, 3.8) is 0 Å². The molecule has 0 saturated carbocycles. The maximum absolute atomic E-state index is 11.8. The van der Waals surface area contributed by atoms with E-state index in [4.69, 9.17) is 0 Å². The van der Waals surface area contributed by atoms with Crippen molar-refractivity contribution in [1.29, 1.82) is 0 Å². The van der Waals surface area contributed by atoms with Crippen molar-refractivity contribution in [2.45, 2.75) is 11.7 Å². The minimum absolute atomic E-state index is 0.0861.